The number of anilines is 1. The van der Waals surface area contributed by atoms with E-state index in [2.05, 4.69) is 26.2 Å². The maximum atomic E-state index is 11.7. The number of aromatic nitrogens is 1. The molecule has 0 atom stereocenters. The van der Waals surface area contributed by atoms with Crippen LogP contribution in [0.4, 0.5) is 5.13 Å². The number of carbonyl (C=O) groups excluding carboxylic acids is 1. The van der Waals surface area contributed by atoms with Crippen LogP contribution in [-0.2, 0) is 0 Å². The molecule has 0 bridgehead atoms. The van der Waals surface area contributed by atoms with Gasteiger partial charge in [-0.2, -0.15) is 0 Å². The van der Waals surface area contributed by atoms with E-state index >= 15 is 0 Å². The maximum absolute atomic E-state index is 11.7. The molecule has 0 aliphatic heterocycles. The maximum Gasteiger partial charge on any atom is 0.259 e. The van der Waals surface area contributed by atoms with E-state index < -0.39 is 0 Å². The van der Waals surface area contributed by atoms with E-state index in [0.717, 1.165) is 9.48 Å². The smallest absolute Gasteiger partial charge is 0.259 e. The van der Waals surface area contributed by atoms with E-state index in [0.29, 0.717) is 10.7 Å². The van der Waals surface area contributed by atoms with Crippen molar-refractivity contribution in [3.05, 3.63) is 31.9 Å². The summed E-state index contributed by atoms with van der Waals surface area (Å²) in [5, 5.41) is 7.15. The molecule has 0 unspecified atom stereocenters. The van der Waals surface area contributed by atoms with Crippen molar-refractivity contribution in [1.29, 1.82) is 0 Å². The lowest BCUT2D eigenvalue weighted by Crippen LogP contribution is -2.11. The number of thiazole rings is 1. The van der Waals surface area contributed by atoms with Crippen LogP contribution < -0.4 is 5.32 Å². The van der Waals surface area contributed by atoms with Gasteiger partial charge in [0.2, 0.25) is 0 Å². The number of rotatable bonds is 2. The molecular weight excluding hydrogens is 296 g/mol. The summed E-state index contributed by atoms with van der Waals surface area (Å²) in [5.41, 5.74) is 1.56. The molecule has 0 spiro atoms. The van der Waals surface area contributed by atoms with Crippen LogP contribution in [0.3, 0.4) is 0 Å². The number of amides is 1. The number of aryl methyl sites for hydroxylation is 1. The molecule has 0 fully saturated rings. The second-order valence-electron chi connectivity index (χ2n) is 2.86. The fourth-order valence-electron chi connectivity index (χ4n) is 1.03. The number of nitrogens with zero attached hydrogens (tertiary/aromatic N) is 1. The molecule has 0 aliphatic rings. The van der Waals surface area contributed by atoms with Crippen molar-refractivity contribution in [1.82, 2.24) is 4.98 Å². The molecule has 2 heterocycles. The minimum absolute atomic E-state index is 0.127. The average Bonchev–Trinajstić information content (AvgIpc) is 2.75. The Labute approximate surface area is 103 Å². The highest BCUT2D eigenvalue weighted by atomic mass is 79.9. The molecule has 1 N–H and O–H groups in total. The highest BCUT2D eigenvalue weighted by Crippen LogP contribution is 2.24. The molecule has 6 heteroatoms. The Hall–Kier alpha value is -0.720. The molecule has 2 aromatic heterocycles. The number of hydrogen-bond donors (Lipinski definition) is 1. The zero-order valence-electron chi connectivity index (χ0n) is 7.78. The summed E-state index contributed by atoms with van der Waals surface area (Å²) < 4.78 is 0.841. The highest BCUT2D eigenvalue weighted by molar-refractivity contribution is 9.11. The van der Waals surface area contributed by atoms with Gasteiger partial charge in [-0.3, -0.25) is 10.1 Å². The van der Waals surface area contributed by atoms with E-state index in [1.807, 2.05) is 17.7 Å². The van der Waals surface area contributed by atoms with Crippen LogP contribution in [0.1, 0.15) is 16.1 Å². The van der Waals surface area contributed by atoms with Gasteiger partial charge in [-0.1, -0.05) is 0 Å². The summed E-state index contributed by atoms with van der Waals surface area (Å²) in [5.74, 6) is -0.127. The minimum atomic E-state index is -0.127. The van der Waals surface area contributed by atoms with Crippen molar-refractivity contribution in [3.8, 4) is 0 Å². The van der Waals surface area contributed by atoms with Crippen molar-refractivity contribution in [3.63, 3.8) is 0 Å². The predicted octanol–water partition coefficient (Wildman–Crippen LogP) is 3.53. The van der Waals surface area contributed by atoms with E-state index in [9.17, 15) is 4.79 Å². The van der Waals surface area contributed by atoms with Crippen LogP contribution >= 0.6 is 38.6 Å². The van der Waals surface area contributed by atoms with Gasteiger partial charge in [0.25, 0.3) is 5.91 Å². The van der Waals surface area contributed by atoms with Crippen LogP contribution in [0, 0.1) is 6.92 Å². The van der Waals surface area contributed by atoms with Gasteiger partial charge in [0.05, 0.1) is 15.0 Å². The van der Waals surface area contributed by atoms with Gasteiger partial charge >= 0.3 is 0 Å². The van der Waals surface area contributed by atoms with E-state index in [1.54, 1.807) is 6.07 Å². The summed E-state index contributed by atoms with van der Waals surface area (Å²) in [6.07, 6.45) is 0. The second-order valence-corrected chi connectivity index (χ2v) is 5.95. The monoisotopic (exact) mass is 302 g/mol. The molecule has 0 radical (unpaired) electrons. The molecule has 0 aromatic carbocycles. The lowest BCUT2D eigenvalue weighted by Gasteiger charge is -1.99. The van der Waals surface area contributed by atoms with Gasteiger partial charge < -0.3 is 0 Å². The molecule has 1 amide bonds. The van der Waals surface area contributed by atoms with Crippen LogP contribution in [-0.4, -0.2) is 10.9 Å². The Bertz CT molecular complexity index is 492. The Morgan fingerprint density at radius 2 is 2.33 bits per heavy atom. The molecule has 2 rings (SSSR count). The van der Waals surface area contributed by atoms with Crippen molar-refractivity contribution < 1.29 is 4.79 Å². The van der Waals surface area contributed by atoms with Gasteiger partial charge in [0, 0.05) is 5.38 Å². The van der Waals surface area contributed by atoms with Crippen molar-refractivity contribution >= 4 is 49.6 Å². The van der Waals surface area contributed by atoms with Crippen LogP contribution in [0.2, 0.25) is 0 Å². The topological polar surface area (TPSA) is 42.0 Å². The van der Waals surface area contributed by atoms with Crippen molar-refractivity contribution in [2.45, 2.75) is 6.92 Å². The molecule has 78 valence electrons. The largest absolute Gasteiger partial charge is 0.298 e. The number of hydrogen-bond acceptors (Lipinski definition) is 4. The highest BCUT2D eigenvalue weighted by Gasteiger charge is 2.12. The number of carbonyl (C=O) groups is 1. The van der Waals surface area contributed by atoms with Crippen LogP contribution in [0.5, 0.6) is 0 Å². The zero-order valence-corrected chi connectivity index (χ0v) is 11.0. The Kier molecular flexibility index (Phi) is 3.18. The number of halogens is 1. The first-order chi connectivity index (χ1) is 7.16. The van der Waals surface area contributed by atoms with E-state index in [1.165, 1.54) is 22.7 Å². The Morgan fingerprint density at radius 1 is 1.53 bits per heavy atom. The molecule has 0 aliphatic carbocycles. The second kappa shape index (κ2) is 4.42. The first-order valence-electron chi connectivity index (χ1n) is 4.13. The van der Waals surface area contributed by atoms with Crippen LogP contribution in [0.15, 0.2) is 20.6 Å². The van der Waals surface area contributed by atoms with Crippen LogP contribution in [0.25, 0.3) is 0 Å². The van der Waals surface area contributed by atoms with Gasteiger partial charge in [0.1, 0.15) is 0 Å². The zero-order chi connectivity index (χ0) is 10.8. The molecule has 2 aromatic rings. The molecule has 3 nitrogen and oxygen atoms in total. The van der Waals surface area contributed by atoms with Gasteiger partial charge in [0.15, 0.2) is 5.13 Å². The SMILES string of the molecule is Cc1csc(NC(=O)c2ccsc2Br)n1. The number of thiophene rings is 1. The molecule has 0 saturated carbocycles. The predicted molar refractivity (Wildman–Crippen MR) is 66.8 cm³/mol. The third-order valence-electron chi connectivity index (χ3n) is 1.70. The summed E-state index contributed by atoms with van der Waals surface area (Å²) in [7, 11) is 0. The van der Waals surface area contributed by atoms with Gasteiger partial charge in [-0.05, 0) is 34.3 Å². The minimum Gasteiger partial charge on any atom is -0.298 e. The van der Waals surface area contributed by atoms with E-state index in [-0.39, 0.29) is 5.91 Å². The summed E-state index contributed by atoms with van der Waals surface area (Å²) >= 11 is 6.24. The first kappa shape index (κ1) is 10.8. The standard InChI is InChI=1S/C9H7BrN2OS2/c1-5-4-15-9(11-5)12-8(13)6-2-3-14-7(6)10/h2-4H,1H3,(H,11,12,13). The lowest BCUT2D eigenvalue weighted by atomic mass is 10.3. The lowest BCUT2D eigenvalue weighted by molar-refractivity contribution is 0.102. The van der Waals surface area contributed by atoms with E-state index in [4.69, 9.17) is 0 Å². The summed E-state index contributed by atoms with van der Waals surface area (Å²) in [6.45, 7) is 1.90. The normalized spacial score (nSPS) is 10.3. The third-order valence-corrected chi connectivity index (χ3v) is 4.26. The fraction of sp³-hybridized carbons (Fsp3) is 0.111. The van der Waals surface area contributed by atoms with Crippen molar-refractivity contribution in [2.24, 2.45) is 0 Å². The quantitative estimate of drug-likeness (QED) is 0.922. The fourth-order valence-corrected chi connectivity index (χ4v) is 2.96. The summed E-state index contributed by atoms with van der Waals surface area (Å²) in [6, 6.07) is 1.78. The number of nitrogens with one attached hydrogen (secondary N) is 1. The third kappa shape index (κ3) is 2.45. The molecule has 0 saturated heterocycles. The van der Waals surface area contributed by atoms with Crippen molar-refractivity contribution in [2.75, 3.05) is 5.32 Å². The molecule has 15 heavy (non-hydrogen) atoms. The first-order valence-corrected chi connectivity index (χ1v) is 6.68. The van der Waals surface area contributed by atoms with Gasteiger partial charge in [-0.15, -0.1) is 22.7 Å². The Morgan fingerprint density at radius 3 is 2.87 bits per heavy atom. The van der Waals surface area contributed by atoms with Gasteiger partial charge in [-0.25, -0.2) is 4.98 Å². The Balaban J connectivity index is 2.14. The average molecular weight is 303 g/mol. The molecular formula is C9H7BrN2OS2. The summed E-state index contributed by atoms with van der Waals surface area (Å²) in [4.78, 5) is 15.9.